The Morgan fingerprint density at radius 1 is 1.50 bits per heavy atom. The van der Waals surface area contributed by atoms with Crippen molar-refractivity contribution in [1.29, 1.82) is 0 Å². The molecule has 0 radical (unpaired) electrons. The van der Waals surface area contributed by atoms with Crippen LogP contribution >= 0.6 is 11.8 Å². The van der Waals surface area contributed by atoms with Crippen molar-refractivity contribution < 1.29 is 4.79 Å². The molecule has 0 aromatic heterocycles. The number of hydrogen-bond acceptors (Lipinski definition) is 4. The van der Waals surface area contributed by atoms with E-state index in [0.717, 1.165) is 25.2 Å². The van der Waals surface area contributed by atoms with Gasteiger partial charge in [0.2, 0.25) is 5.91 Å². The maximum atomic E-state index is 11.3. The molecule has 1 fully saturated rings. The van der Waals surface area contributed by atoms with Gasteiger partial charge in [0.15, 0.2) is 0 Å². The number of aliphatic imine (C=N–C) groups is 1. The lowest BCUT2D eigenvalue weighted by Gasteiger charge is -2.35. The first-order valence-corrected chi connectivity index (χ1v) is 7.25. The van der Waals surface area contributed by atoms with Crippen LogP contribution in [0.3, 0.4) is 0 Å². The molecule has 4 nitrogen and oxygen atoms in total. The Balaban J connectivity index is 1.99. The van der Waals surface area contributed by atoms with Gasteiger partial charge in [-0.05, 0) is 24.3 Å². The van der Waals surface area contributed by atoms with E-state index < -0.39 is 6.04 Å². The summed E-state index contributed by atoms with van der Waals surface area (Å²) in [7, 11) is 0. The highest BCUT2D eigenvalue weighted by Crippen LogP contribution is 2.45. The van der Waals surface area contributed by atoms with E-state index in [9.17, 15) is 4.79 Å². The van der Waals surface area contributed by atoms with Crippen LogP contribution in [0.5, 0.6) is 0 Å². The third-order valence-corrected chi connectivity index (χ3v) is 5.15. The van der Waals surface area contributed by atoms with Crippen molar-refractivity contribution in [2.24, 2.45) is 10.7 Å². The molecule has 2 N–H and O–H groups in total. The van der Waals surface area contributed by atoms with Crippen molar-refractivity contribution in [2.45, 2.75) is 36.5 Å². The fourth-order valence-corrected chi connectivity index (χ4v) is 4.11. The molecule has 1 aliphatic carbocycles. The molecule has 1 spiro atoms. The summed E-state index contributed by atoms with van der Waals surface area (Å²) in [4.78, 5) is 18.1. The molecule has 1 atom stereocenters. The number of nitrogens with zero attached hydrogens (tertiary/aromatic N) is 2. The van der Waals surface area contributed by atoms with Gasteiger partial charge in [0, 0.05) is 12.7 Å². The quantitative estimate of drug-likeness (QED) is 0.782. The van der Waals surface area contributed by atoms with Gasteiger partial charge in [-0.2, -0.15) is 0 Å². The molecule has 1 unspecified atom stereocenters. The Morgan fingerprint density at radius 2 is 2.28 bits per heavy atom. The summed E-state index contributed by atoms with van der Waals surface area (Å²) in [6.07, 6.45) is 10.7. The predicted octanol–water partition coefficient (Wildman–Crippen LogP) is 1.64. The maximum absolute atomic E-state index is 11.3. The van der Waals surface area contributed by atoms with Crippen LogP contribution in [0.2, 0.25) is 0 Å². The van der Waals surface area contributed by atoms with Gasteiger partial charge in [-0.1, -0.05) is 18.9 Å². The van der Waals surface area contributed by atoms with Gasteiger partial charge in [-0.15, -0.1) is 11.8 Å². The van der Waals surface area contributed by atoms with Crippen LogP contribution in [-0.2, 0) is 4.79 Å². The number of amides is 1. The second-order valence-corrected chi connectivity index (χ2v) is 6.27. The zero-order valence-corrected chi connectivity index (χ0v) is 11.0. The van der Waals surface area contributed by atoms with Gasteiger partial charge in [-0.25, -0.2) is 0 Å². The number of thioether (sulfide) groups is 1. The number of carbonyl (C=O) groups is 1. The molecule has 2 aliphatic heterocycles. The second kappa shape index (κ2) is 4.46. The Hall–Kier alpha value is -1.23. The van der Waals surface area contributed by atoms with Gasteiger partial charge in [0.1, 0.15) is 11.9 Å². The van der Waals surface area contributed by atoms with Crippen molar-refractivity contribution in [1.82, 2.24) is 4.90 Å². The van der Waals surface area contributed by atoms with Crippen LogP contribution < -0.4 is 5.73 Å². The first kappa shape index (κ1) is 11.8. The van der Waals surface area contributed by atoms with Crippen molar-refractivity contribution >= 4 is 23.5 Å². The van der Waals surface area contributed by atoms with E-state index in [2.05, 4.69) is 21.4 Å². The molecule has 0 saturated heterocycles. The molecule has 3 rings (SSSR count). The number of fused-ring (bicyclic) bond motifs is 2. The molecular weight excluding hydrogens is 246 g/mol. The van der Waals surface area contributed by atoms with E-state index in [-0.39, 0.29) is 10.7 Å². The Labute approximate surface area is 111 Å². The molecule has 1 saturated carbocycles. The number of hydrogen-bond donors (Lipinski definition) is 1. The fraction of sp³-hybridized carbons (Fsp3) is 0.538. The van der Waals surface area contributed by atoms with Gasteiger partial charge < -0.3 is 10.6 Å². The summed E-state index contributed by atoms with van der Waals surface area (Å²) in [6, 6.07) is -0.493. The Kier molecular flexibility index (Phi) is 2.93. The van der Waals surface area contributed by atoms with E-state index in [4.69, 9.17) is 5.73 Å². The molecule has 5 heteroatoms. The summed E-state index contributed by atoms with van der Waals surface area (Å²) in [5, 5.41) is 2.18. The standard InChI is InChI=1S/C13H17N3OS/c14-11(17)10-4-8-16-7-3-9-18-13(12(16)15-10)5-1-2-6-13/h3-4,8-10H,1-2,5-7H2,(H2,14,17). The van der Waals surface area contributed by atoms with E-state index in [0.29, 0.717) is 0 Å². The highest BCUT2D eigenvalue weighted by molar-refractivity contribution is 8.04. The predicted molar refractivity (Wildman–Crippen MR) is 74.2 cm³/mol. The van der Waals surface area contributed by atoms with Crippen LogP contribution in [0.15, 0.2) is 28.8 Å². The van der Waals surface area contributed by atoms with Gasteiger partial charge in [0.25, 0.3) is 0 Å². The zero-order valence-electron chi connectivity index (χ0n) is 10.2. The average molecular weight is 263 g/mol. The smallest absolute Gasteiger partial charge is 0.246 e. The van der Waals surface area contributed by atoms with Gasteiger partial charge in [0.05, 0.1) is 4.75 Å². The maximum Gasteiger partial charge on any atom is 0.246 e. The van der Waals surface area contributed by atoms with E-state index >= 15 is 0 Å². The van der Waals surface area contributed by atoms with Crippen molar-refractivity contribution in [3.8, 4) is 0 Å². The van der Waals surface area contributed by atoms with Crippen molar-refractivity contribution in [2.75, 3.05) is 6.54 Å². The van der Waals surface area contributed by atoms with E-state index in [1.165, 1.54) is 12.8 Å². The summed E-state index contributed by atoms with van der Waals surface area (Å²) in [5.41, 5.74) is 5.38. The lowest BCUT2D eigenvalue weighted by atomic mass is 10.0. The number of primary amides is 1. The fourth-order valence-electron chi connectivity index (χ4n) is 2.87. The molecular formula is C13H17N3OS. The van der Waals surface area contributed by atoms with Crippen LogP contribution in [0.1, 0.15) is 25.7 Å². The number of amidine groups is 1. The van der Waals surface area contributed by atoms with Crippen molar-refractivity contribution in [3.05, 3.63) is 23.8 Å². The van der Waals surface area contributed by atoms with Crippen LogP contribution in [0.25, 0.3) is 0 Å². The van der Waals surface area contributed by atoms with E-state index in [1.807, 2.05) is 18.0 Å². The third-order valence-electron chi connectivity index (χ3n) is 3.78. The SMILES string of the molecule is NC(=O)C1C=CN2CC=CSC3(CCCC3)C2=N1. The van der Waals surface area contributed by atoms with Gasteiger partial charge in [-0.3, -0.25) is 9.79 Å². The summed E-state index contributed by atoms with van der Waals surface area (Å²) in [5.74, 6) is 0.676. The normalized spacial score (nSPS) is 29.0. The molecule has 18 heavy (non-hydrogen) atoms. The molecule has 1 amide bonds. The largest absolute Gasteiger partial charge is 0.368 e. The first-order chi connectivity index (χ1) is 8.71. The molecule has 0 bridgehead atoms. The highest BCUT2D eigenvalue weighted by atomic mass is 32.2. The average Bonchev–Trinajstić information content (AvgIpc) is 2.76. The zero-order chi connectivity index (χ0) is 12.6. The van der Waals surface area contributed by atoms with Crippen LogP contribution in [-0.4, -0.2) is 34.0 Å². The van der Waals surface area contributed by atoms with Crippen molar-refractivity contribution in [3.63, 3.8) is 0 Å². The molecule has 96 valence electrons. The van der Waals surface area contributed by atoms with Gasteiger partial charge >= 0.3 is 0 Å². The van der Waals surface area contributed by atoms with Crippen LogP contribution in [0, 0.1) is 0 Å². The third kappa shape index (κ3) is 1.86. The highest BCUT2D eigenvalue weighted by Gasteiger charge is 2.43. The second-order valence-electron chi connectivity index (χ2n) is 4.98. The number of nitrogens with two attached hydrogens (primary N) is 1. The topological polar surface area (TPSA) is 58.7 Å². The minimum absolute atomic E-state index is 0.0610. The molecule has 2 heterocycles. The minimum Gasteiger partial charge on any atom is -0.368 e. The lowest BCUT2D eigenvalue weighted by Crippen LogP contribution is -2.46. The number of rotatable bonds is 1. The first-order valence-electron chi connectivity index (χ1n) is 6.37. The molecule has 0 aromatic rings. The Bertz CT molecular complexity index is 449. The summed E-state index contributed by atoms with van der Waals surface area (Å²) < 4.78 is 0.0610. The lowest BCUT2D eigenvalue weighted by molar-refractivity contribution is -0.118. The Morgan fingerprint density at radius 3 is 3.00 bits per heavy atom. The molecule has 0 aromatic carbocycles. The number of carbonyl (C=O) groups excluding carboxylic acids is 1. The summed E-state index contributed by atoms with van der Waals surface area (Å²) in [6.45, 7) is 0.829. The van der Waals surface area contributed by atoms with E-state index in [1.54, 1.807) is 6.08 Å². The van der Waals surface area contributed by atoms with Crippen LogP contribution in [0.4, 0.5) is 0 Å². The summed E-state index contributed by atoms with van der Waals surface area (Å²) >= 11 is 1.85. The monoisotopic (exact) mass is 263 g/mol. The minimum atomic E-state index is -0.493. The molecule has 3 aliphatic rings.